The second-order valence-corrected chi connectivity index (χ2v) is 5.17. The maximum Gasteiger partial charge on any atom is 0.0994 e. The van der Waals surface area contributed by atoms with Crippen molar-refractivity contribution in [3.8, 4) is 5.69 Å². The Balaban J connectivity index is 1.91. The number of nitrogens with zero attached hydrogens (tertiary/aromatic N) is 2. The van der Waals surface area contributed by atoms with Crippen molar-refractivity contribution in [2.45, 2.75) is 19.4 Å². The number of imidazole rings is 1. The van der Waals surface area contributed by atoms with Gasteiger partial charge < -0.3 is 15.0 Å². The highest BCUT2D eigenvalue weighted by Gasteiger charge is 2.26. The Kier molecular flexibility index (Phi) is 3.36. The predicted molar refractivity (Wildman–Crippen MR) is 74.2 cm³/mol. The van der Waals surface area contributed by atoms with E-state index in [9.17, 15) is 0 Å². The predicted octanol–water partition coefficient (Wildman–Crippen LogP) is 2.22. The van der Waals surface area contributed by atoms with Crippen molar-refractivity contribution in [3.05, 3.63) is 48.0 Å². The van der Waals surface area contributed by atoms with E-state index in [0.29, 0.717) is 5.92 Å². The molecule has 1 aliphatic heterocycles. The highest BCUT2D eigenvalue weighted by atomic mass is 16.5. The van der Waals surface area contributed by atoms with E-state index < -0.39 is 0 Å². The zero-order chi connectivity index (χ0) is 13.2. The van der Waals surface area contributed by atoms with E-state index in [2.05, 4.69) is 40.7 Å². The van der Waals surface area contributed by atoms with Gasteiger partial charge in [0.25, 0.3) is 0 Å². The van der Waals surface area contributed by atoms with Gasteiger partial charge in [-0.2, -0.15) is 0 Å². The summed E-state index contributed by atoms with van der Waals surface area (Å²) in [6.07, 6.45) is 4.72. The molecule has 2 atom stereocenters. The Bertz CT molecular complexity index is 541. The molecule has 2 unspecified atom stereocenters. The molecule has 1 aromatic heterocycles. The van der Waals surface area contributed by atoms with Crippen LogP contribution in [0.3, 0.4) is 0 Å². The van der Waals surface area contributed by atoms with Crippen molar-refractivity contribution in [1.29, 1.82) is 0 Å². The summed E-state index contributed by atoms with van der Waals surface area (Å²) in [6.45, 7) is 3.65. The summed E-state index contributed by atoms with van der Waals surface area (Å²) in [5.74, 6) is 0.390. The lowest BCUT2D eigenvalue weighted by Crippen LogP contribution is -2.24. The van der Waals surface area contributed by atoms with E-state index in [4.69, 9.17) is 10.5 Å². The zero-order valence-electron chi connectivity index (χ0n) is 11.1. The van der Waals surface area contributed by atoms with Crippen molar-refractivity contribution < 1.29 is 4.74 Å². The third kappa shape index (κ3) is 2.41. The van der Waals surface area contributed by atoms with Crippen LogP contribution in [0.1, 0.15) is 23.7 Å². The molecule has 0 spiro atoms. The number of hydrogen-bond acceptors (Lipinski definition) is 3. The fourth-order valence-corrected chi connectivity index (χ4v) is 2.55. The zero-order valence-corrected chi connectivity index (χ0v) is 11.1. The first kappa shape index (κ1) is 12.4. The molecule has 1 aromatic carbocycles. The van der Waals surface area contributed by atoms with Crippen molar-refractivity contribution in [2.24, 2.45) is 11.7 Å². The quantitative estimate of drug-likeness (QED) is 0.917. The maximum absolute atomic E-state index is 6.37. The lowest BCUT2D eigenvalue weighted by Gasteiger charge is -2.19. The second kappa shape index (κ2) is 5.15. The van der Waals surface area contributed by atoms with Crippen molar-refractivity contribution >= 4 is 0 Å². The van der Waals surface area contributed by atoms with E-state index in [1.165, 1.54) is 5.56 Å². The van der Waals surface area contributed by atoms with Crippen LogP contribution in [0.2, 0.25) is 0 Å². The largest absolute Gasteiger partial charge is 0.381 e. The summed E-state index contributed by atoms with van der Waals surface area (Å²) >= 11 is 0. The molecule has 0 bridgehead atoms. The molecule has 100 valence electrons. The molecule has 2 aromatic rings. The summed E-state index contributed by atoms with van der Waals surface area (Å²) in [7, 11) is 0. The summed E-state index contributed by atoms with van der Waals surface area (Å²) in [5, 5.41) is 0. The summed E-state index contributed by atoms with van der Waals surface area (Å²) in [6, 6.07) is 8.37. The van der Waals surface area contributed by atoms with Crippen LogP contribution in [-0.2, 0) is 4.74 Å². The minimum atomic E-state index is -0.0219. The molecule has 0 saturated carbocycles. The topological polar surface area (TPSA) is 53.1 Å². The number of aromatic nitrogens is 2. The van der Waals surface area contributed by atoms with Crippen LogP contribution in [0, 0.1) is 12.8 Å². The Morgan fingerprint density at radius 2 is 2.16 bits per heavy atom. The van der Waals surface area contributed by atoms with Crippen molar-refractivity contribution in [2.75, 3.05) is 13.2 Å². The van der Waals surface area contributed by atoms with Gasteiger partial charge in [-0.05, 0) is 25.5 Å². The molecule has 2 N–H and O–H groups in total. The minimum absolute atomic E-state index is 0.0219. The molecule has 1 aliphatic rings. The average Bonchev–Trinajstić information content (AvgIpc) is 3.10. The SMILES string of the molecule is Cc1ccc(-n2cncc2C(N)C2CCOC2)cc1. The van der Waals surface area contributed by atoms with E-state index in [0.717, 1.165) is 31.0 Å². The van der Waals surface area contributed by atoms with Crippen LogP contribution in [0.4, 0.5) is 0 Å². The van der Waals surface area contributed by atoms with Crippen molar-refractivity contribution in [1.82, 2.24) is 9.55 Å². The molecule has 1 saturated heterocycles. The number of benzene rings is 1. The van der Waals surface area contributed by atoms with Crippen LogP contribution >= 0.6 is 0 Å². The highest BCUT2D eigenvalue weighted by Crippen LogP contribution is 2.27. The molecule has 1 fully saturated rings. The van der Waals surface area contributed by atoms with Gasteiger partial charge in [0.1, 0.15) is 0 Å². The van der Waals surface area contributed by atoms with Crippen LogP contribution < -0.4 is 5.73 Å². The number of aryl methyl sites for hydroxylation is 1. The van der Waals surface area contributed by atoms with Crippen LogP contribution in [-0.4, -0.2) is 22.8 Å². The van der Waals surface area contributed by atoms with Gasteiger partial charge in [-0.15, -0.1) is 0 Å². The van der Waals surface area contributed by atoms with E-state index in [1.54, 1.807) is 0 Å². The Hall–Kier alpha value is -1.65. The van der Waals surface area contributed by atoms with Crippen LogP contribution in [0.5, 0.6) is 0 Å². The molecule has 0 aliphatic carbocycles. The first-order chi connectivity index (χ1) is 9.25. The Morgan fingerprint density at radius 1 is 1.37 bits per heavy atom. The third-order valence-corrected chi connectivity index (χ3v) is 3.79. The average molecular weight is 257 g/mol. The lowest BCUT2D eigenvalue weighted by molar-refractivity contribution is 0.180. The molecule has 19 heavy (non-hydrogen) atoms. The van der Waals surface area contributed by atoms with Crippen molar-refractivity contribution in [3.63, 3.8) is 0 Å². The Morgan fingerprint density at radius 3 is 2.84 bits per heavy atom. The monoisotopic (exact) mass is 257 g/mol. The smallest absolute Gasteiger partial charge is 0.0994 e. The lowest BCUT2D eigenvalue weighted by atomic mass is 9.97. The number of rotatable bonds is 3. The molecule has 4 heteroatoms. The third-order valence-electron chi connectivity index (χ3n) is 3.79. The van der Waals surface area contributed by atoms with Crippen LogP contribution in [0.15, 0.2) is 36.8 Å². The van der Waals surface area contributed by atoms with Gasteiger partial charge in [-0.25, -0.2) is 4.98 Å². The first-order valence-electron chi connectivity index (χ1n) is 6.68. The fourth-order valence-electron chi connectivity index (χ4n) is 2.55. The summed E-state index contributed by atoms with van der Waals surface area (Å²) < 4.78 is 7.50. The fraction of sp³-hybridized carbons (Fsp3) is 0.400. The standard InChI is InChI=1S/C15H19N3O/c1-11-2-4-13(5-3-11)18-10-17-8-14(18)15(16)12-6-7-19-9-12/h2-5,8,10,12,15H,6-7,9,16H2,1H3. The van der Waals surface area contributed by atoms with E-state index in [-0.39, 0.29) is 6.04 Å². The molecule has 3 rings (SSSR count). The molecule has 0 radical (unpaired) electrons. The van der Waals surface area contributed by atoms with Gasteiger partial charge in [0.05, 0.1) is 30.9 Å². The number of hydrogen-bond donors (Lipinski definition) is 1. The number of nitrogens with two attached hydrogens (primary N) is 1. The number of ether oxygens (including phenoxy) is 1. The summed E-state index contributed by atoms with van der Waals surface area (Å²) in [5.41, 5.74) is 9.78. The van der Waals surface area contributed by atoms with Gasteiger partial charge in [0.15, 0.2) is 0 Å². The molecule has 4 nitrogen and oxygen atoms in total. The molecular weight excluding hydrogens is 238 g/mol. The minimum Gasteiger partial charge on any atom is -0.381 e. The normalized spacial score (nSPS) is 20.6. The highest BCUT2D eigenvalue weighted by molar-refractivity contribution is 5.36. The second-order valence-electron chi connectivity index (χ2n) is 5.17. The maximum atomic E-state index is 6.37. The van der Waals surface area contributed by atoms with E-state index in [1.807, 2.05) is 12.5 Å². The van der Waals surface area contributed by atoms with E-state index >= 15 is 0 Å². The van der Waals surface area contributed by atoms with Gasteiger partial charge >= 0.3 is 0 Å². The van der Waals surface area contributed by atoms with Crippen LogP contribution in [0.25, 0.3) is 5.69 Å². The Labute approximate surface area is 113 Å². The molecular formula is C15H19N3O. The molecule has 2 heterocycles. The van der Waals surface area contributed by atoms with Gasteiger partial charge in [0, 0.05) is 18.2 Å². The first-order valence-corrected chi connectivity index (χ1v) is 6.68. The molecule has 0 amide bonds. The summed E-state index contributed by atoms with van der Waals surface area (Å²) in [4.78, 5) is 4.26. The van der Waals surface area contributed by atoms with Gasteiger partial charge in [-0.1, -0.05) is 17.7 Å². The van der Waals surface area contributed by atoms with Gasteiger partial charge in [0.2, 0.25) is 0 Å². The van der Waals surface area contributed by atoms with Gasteiger partial charge in [-0.3, -0.25) is 0 Å².